The van der Waals surface area contributed by atoms with E-state index >= 15 is 0 Å². The number of ether oxygens (including phenoxy) is 2. The maximum Gasteiger partial charge on any atom is 0.408 e. The normalized spacial score (nSPS) is 27.5. The molecule has 2 fully saturated rings. The first-order valence-electron chi connectivity index (χ1n) is 6.05. The fourth-order valence-corrected chi connectivity index (χ4v) is 3.44. The third-order valence-corrected chi connectivity index (χ3v) is 4.75. The van der Waals surface area contributed by atoms with Crippen molar-refractivity contribution in [1.29, 1.82) is 0 Å². The van der Waals surface area contributed by atoms with Gasteiger partial charge in [0, 0.05) is 13.1 Å². The number of hydrogen-bond donors (Lipinski definition) is 0. The molecule has 0 aromatic rings. The lowest BCUT2D eigenvalue weighted by Crippen LogP contribution is -2.30. The van der Waals surface area contributed by atoms with Crippen molar-refractivity contribution in [2.45, 2.75) is 26.1 Å². The van der Waals surface area contributed by atoms with Crippen LogP contribution >= 0.6 is 7.75 Å². The standard InChI is InChI=1S/C10H20NO5P/c1-3-15-17(12,16-4-2)11(5-9-7-13-9)6-10-8-14-10/h9-10H,3-8H2,1-2H3. The van der Waals surface area contributed by atoms with Gasteiger partial charge in [-0.25, -0.2) is 9.24 Å². The first-order valence-corrected chi connectivity index (χ1v) is 7.55. The Hall–Kier alpha value is 0.0300. The molecule has 0 saturated carbocycles. The first kappa shape index (κ1) is 13.5. The third-order valence-electron chi connectivity index (χ3n) is 2.56. The second kappa shape index (κ2) is 5.78. The van der Waals surface area contributed by atoms with E-state index in [1.165, 1.54) is 0 Å². The Labute approximate surface area is 102 Å². The Kier molecular flexibility index (Phi) is 4.58. The van der Waals surface area contributed by atoms with Gasteiger partial charge in [0.15, 0.2) is 0 Å². The van der Waals surface area contributed by atoms with Crippen molar-refractivity contribution >= 4 is 7.75 Å². The average molecular weight is 265 g/mol. The summed E-state index contributed by atoms with van der Waals surface area (Å²) < 4.78 is 35.4. The molecule has 0 N–H and O–H groups in total. The molecular weight excluding hydrogens is 245 g/mol. The van der Waals surface area contributed by atoms with Gasteiger partial charge in [0.05, 0.1) is 38.6 Å². The lowest BCUT2D eigenvalue weighted by molar-refractivity contribution is 0.157. The van der Waals surface area contributed by atoms with Crippen LogP contribution in [0.5, 0.6) is 0 Å². The molecule has 2 rings (SSSR count). The minimum absolute atomic E-state index is 0.156. The lowest BCUT2D eigenvalue weighted by atomic mass is 10.4. The molecule has 2 aliphatic heterocycles. The van der Waals surface area contributed by atoms with Crippen LogP contribution in [0, 0.1) is 0 Å². The van der Waals surface area contributed by atoms with Crippen molar-refractivity contribution in [2.75, 3.05) is 39.5 Å². The van der Waals surface area contributed by atoms with Crippen molar-refractivity contribution in [3.05, 3.63) is 0 Å². The molecule has 2 heterocycles. The van der Waals surface area contributed by atoms with Gasteiger partial charge in [0.2, 0.25) is 0 Å². The van der Waals surface area contributed by atoms with Crippen molar-refractivity contribution in [1.82, 2.24) is 4.67 Å². The summed E-state index contributed by atoms with van der Waals surface area (Å²) in [7, 11) is -3.18. The molecule has 0 aliphatic carbocycles. The molecule has 0 amide bonds. The number of nitrogens with zero attached hydrogens (tertiary/aromatic N) is 1. The zero-order valence-electron chi connectivity index (χ0n) is 10.3. The Balaban J connectivity index is 1.99. The zero-order valence-corrected chi connectivity index (χ0v) is 11.2. The van der Waals surface area contributed by atoms with Crippen LogP contribution in [0.1, 0.15) is 13.8 Å². The van der Waals surface area contributed by atoms with E-state index in [1.54, 1.807) is 4.67 Å². The third kappa shape index (κ3) is 4.02. The van der Waals surface area contributed by atoms with Crippen LogP contribution in [0.15, 0.2) is 0 Å². The molecule has 2 unspecified atom stereocenters. The Morgan fingerprint density at radius 1 is 1.12 bits per heavy atom. The Bertz CT molecular complexity index is 268. The smallest absolute Gasteiger partial charge is 0.372 e. The van der Waals surface area contributed by atoms with Crippen molar-refractivity contribution in [3.63, 3.8) is 0 Å². The second-order valence-electron chi connectivity index (χ2n) is 4.09. The monoisotopic (exact) mass is 265 g/mol. The van der Waals surface area contributed by atoms with E-state index in [0.29, 0.717) is 26.3 Å². The van der Waals surface area contributed by atoms with E-state index < -0.39 is 7.75 Å². The topological polar surface area (TPSA) is 63.8 Å². The van der Waals surface area contributed by atoms with Gasteiger partial charge in [0.1, 0.15) is 0 Å². The summed E-state index contributed by atoms with van der Waals surface area (Å²) in [6, 6.07) is 0. The van der Waals surface area contributed by atoms with Gasteiger partial charge in [-0.15, -0.1) is 0 Å². The van der Waals surface area contributed by atoms with E-state index in [-0.39, 0.29) is 12.2 Å². The number of hydrogen-bond acceptors (Lipinski definition) is 5. The van der Waals surface area contributed by atoms with Crippen LogP contribution in [0.2, 0.25) is 0 Å². The highest BCUT2D eigenvalue weighted by molar-refractivity contribution is 7.51. The summed E-state index contributed by atoms with van der Waals surface area (Å²) in [6.45, 7) is 6.96. The molecule has 0 aromatic carbocycles. The van der Waals surface area contributed by atoms with Gasteiger partial charge < -0.3 is 9.47 Å². The van der Waals surface area contributed by atoms with E-state index in [2.05, 4.69) is 0 Å². The molecule has 2 atom stereocenters. The van der Waals surface area contributed by atoms with Crippen LogP contribution in [-0.4, -0.2) is 56.4 Å². The maximum atomic E-state index is 12.6. The number of epoxide rings is 2. The predicted octanol–water partition coefficient (Wildman–Crippen LogP) is 1.27. The molecule has 0 radical (unpaired) electrons. The van der Waals surface area contributed by atoms with Crippen molar-refractivity contribution in [3.8, 4) is 0 Å². The first-order chi connectivity index (χ1) is 8.18. The predicted molar refractivity (Wildman–Crippen MR) is 61.9 cm³/mol. The Morgan fingerprint density at radius 3 is 1.82 bits per heavy atom. The fraction of sp³-hybridized carbons (Fsp3) is 1.00. The van der Waals surface area contributed by atoms with Crippen LogP contribution in [0.3, 0.4) is 0 Å². The lowest BCUT2D eigenvalue weighted by Gasteiger charge is -2.28. The summed E-state index contributed by atoms with van der Waals surface area (Å²) in [6.07, 6.45) is 0.311. The van der Waals surface area contributed by atoms with Crippen LogP contribution in [0.25, 0.3) is 0 Å². The molecule has 7 heteroatoms. The van der Waals surface area contributed by atoms with Gasteiger partial charge >= 0.3 is 7.75 Å². The minimum atomic E-state index is -3.18. The fourth-order valence-electron chi connectivity index (χ4n) is 1.62. The van der Waals surface area contributed by atoms with E-state index in [1.807, 2.05) is 13.8 Å². The molecule has 100 valence electrons. The maximum absolute atomic E-state index is 12.6. The second-order valence-corrected chi connectivity index (χ2v) is 6.11. The largest absolute Gasteiger partial charge is 0.408 e. The van der Waals surface area contributed by atoms with E-state index in [9.17, 15) is 4.57 Å². The van der Waals surface area contributed by atoms with Crippen LogP contribution in [-0.2, 0) is 23.1 Å². The molecule has 0 bridgehead atoms. The molecule has 2 aliphatic rings. The molecule has 0 spiro atoms. The molecule has 6 nitrogen and oxygen atoms in total. The summed E-state index contributed by atoms with van der Waals surface area (Å²) in [5.74, 6) is 0. The van der Waals surface area contributed by atoms with Gasteiger partial charge in [-0.05, 0) is 13.8 Å². The summed E-state index contributed by atoms with van der Waals surface area (Å²) >= 11 is 0. The van der Waals surface area contributed by atoms with Gasteiger partial charge in [-0.2, -0.15) is 0 Å². The van der Waals surface area contributed by atoms with Crippen LogP contribution in [0.4, 0.5) is 0 Å². The molecule has 17 heavy (non-hydrogen) atoms. The summed E-state index contributed by atoms with van der Waals surface area (Å²) in [5.41, 5.74) is 0. The SMILES string of the molecule is CCOP(=O)(OCC)N(CC1CO1)CC1CO1. The molecule has 0 aromatic heterocycles. The van der Waals surface area contributed by atoms with Gasteiger partial charge in [-0.1, -0.05) is 0 Å². The van der Waals surface area contributed by atoms with E-state index in [4.69, 9.17) is 18.5 Å². The van der Waals surface area contributed by atoms with Crippen molar-refractivity contribution in [2.24, 2.45) is 0 Å². The van der Waals surface area contributed by atoms with Crippen molar-refractivity contribution < 1.29 is 23.1 Å². The molecule has 2 saturated heterocycles. The summed E-state index contributed by atoms with van der Waals surface area (Å²) in [4.78, 5) is 0. The quantitative estimate of drug-likeness (QED) is 0.462. The highest BCUT2D eigenvalue weighted by Gasteiger charge is 2.41. The highest BCUT2D eigenvalue weighted by atomic mass is 31.2. The molecular formula is C10H20NO5P. The minimum Gasteiger partial charge on any atom is -0.372 e. The average Bonchev–Trinajstić information content (AvgIpc) is 3.12. The van der Waals surface area contributed by atoms with Gasteiger partial charge in [-0.3, -0.25) is 9.05 Å². The van der Waals surface area contributed by atoms with Gasteiger partial charge in [0.25, 0.3) is 0 Å². The van der Waals surface area contributed by atoms with E-state index in [0.717, 1.165) is 13.2 Å². The highest BCUT2D eigenvalue weighted by Crippen LogP contribution is 2.52. The summed E-state index contributed by atoms with van der Waals surface area (Å²) in [5, 5.41) is 0. The number of rotatable bonds is 9. The zero-order chi connectivity index (χ0) is 12.3. The van der Waals surface area contributed by atoms with Crippen LogP contribution < -0.4 is 0 Å². The Morgan fingerprint density at radius 2 is 1.53 bits per heavy atom.